The van der Waals surface area contributed by atoms with Crippen molar-refractivity contribution < 1.29 is 4.79 Å². The van der Waals surface area contributed by atoms with E-state index in [9.17, 15) is 4.79 Å². The van der Waals surface area contributed by atoms with E-state index in [2.05, 4.69) is 20.4 Å². The average Bonchev–Trinajstić information content (AvgIpc) is 3.11. The Morgan fingerprint density at radius 3 is 2.68 bits per heavy atom. The summed E-state index contributed by atoms with van der Waals surface area (Å²) in [6.45, 7) is 7.27. The molecule has 25 heavy (non-hydrogen) atoms. The van der Waals surface area contributed by atoms with Gasteiger partial charge in [0.25, 0.3) is 0 Å². The second kappa shape index (κ2) is 9.95. The van der Waals surface area contributed by atoms with Gasteiger partial charge in [0.05, 0.1) is 10.7 Å². The van der Waals surface area contributed by atoms with E-state index in [-0.39, 0.29) is 18.3 Å². The molecule has 1 atom stereocenters. The number of carbonyl (C=O) groups excluding carboxylic acids is 1. The molecule has 0 spiro atoms. The summed E-state index contributed by atoms with van der Waals surface area (Å²) < 4.78 is 0. The quantitative estimate of drug-likeness (QED) is 0.788. The van der Waals surface area contributed by atoms with Crippen LogP contribution in [0, 0.1) is 0 Å². The van der Waals surface area contributed by atoms with Crippen LogP contribution in [0.25, 0.3) is 0 Å². The highest BCUT2D eigenvalue weighted by Crippen LogP contribution is 2.25. The van der Waals surface area contributed by atoms with Crippen LogP contribution < -0.4 is 10.6 Å². The number of carbonyl (C=O) groups is 1. The molecule has 0 aromatic heterocycles. The van der Waals surface area contributed by atoms with E-state index in [0.717, 1.165) is 45.8 Å². The average molecular weight is 408 g/mol. The molecule has 5 nitrogen and oxygen atoms in total. The fourth-order valence-electron chi connectivity index (χ4n) is 3.37. The predicted octanol–water partition coefficient (Wildman–Crippen LogP) is 2.72. The van der Waals surface area contributed by atoms with Gasteiger partial charge < -0.3 is 15.5 Å². The zero-order valence-electron chi connectivity index (χ0n) is 14.1. The molecule has 1 aromatic carbocycles. The van der Waals surface area contributed by atoms with Crippen molar-refractivity contribution in [2.45, 2.75) is 18.9 Å². The summed E-state index contributed by atoms with van der Waals surface area (Å²) in [5.74, 6) is -0.0263. The van der Waals surface area contributed by atoms with Crippen molar-refractivity contribution in [3.63, 3.8) is 0 Å². The van der Waals surface area contributed by atoms with Crippen LogP contribution in [0.15, 0.2) is 18.2 Å². The van der Waals surface area contributed by atoms with Crippen LogP contribution in [0.1, 0.15) is 12.8 Å². The van der Waals surface area contributed by atoms with Crippen molar-refractivity contribution >= 4 is 47.2 Å². The Kier molecular flexibility index (Phi) is 8.26. The number of halogens is 3. The molecule has 0 radical (unpaired) electrons. The number of benzene rings is 1. The second-order valence-corrected chi connectivity index (χ2v) is 7.29. The van der Waals surface area contributed by atoms with Crippen LogP contribution >= 0.6 is 35.6 Å². The Labute approximate surface area is 165 Å². The Balaban J connectivity index is 0.00000225. The van der Waals surface area contributed by atoms with E-state index < -0.39 is 0 Å². The highest BCUT2D eigenvalue weighted by Gasteiger charge is 2.25. The van der Waals surface area contributed by atoms with Crippen molar-refractivity contribution in [2.24, 2.45) is 0 Å². The number of anilines is 1. The lowest BCUT2D eigenvalue weighted by molar-refractivity contribution is -0.116. The summed E-state index contributed by atoms with van der Waals surface area (Å²) in [6.07, 6.45) is 1.72. The number of hydrogen-bond acceptors (Lipinski definition) is 4. The van der Waals surface area contributed by atoms with Crippen molar-refractivity contribution in [3.05, 3.63) is 28.2 Å². The first-order valence-corrected chi connectivity index (χ1v) is 9.29. The Hall–Kier alpha value is -0.560. The molecule has 1 amide bonds. The fraction of sp³-hybridized carbons (Fsp3) is 0.588. The maximum atomic E-state index is 12.1. The summed E-state index contributed by atoms with van der Waals surface area (Å²) in [5, 5.41) is 7.34. The van der Waals surface area contributed by atoms with Gasteiger partial charge in [-0.25, -0.2) is 0 Å². The third-order valence-electron chi connectivity index (χ3n) is 4.82. The topological polar surface area (TPSA) is 47.6 Å². The molecule has 1 aromatic rings. The van der Waals surface area contributed by atoms with Gasteiger partial charge in [-0.3, -0.25) is 9.69 Å². The molecule has 0 saturated carbocycles. The third kappa shape index (κ3) is 5.98. The van der Waals surface area contributed by atoms with Crippen LogP contribution in [0.5, 0.6) is 0 Å². The first-order chi connectivity index (χ1) is 11.6. The zero-order chi connectivity index (χ0) is 16.9. The summed E-state index contributed by atoms with van der Waals surface area (Å²) in [6, 6.07) is 5.77. The fourth-order valence-corrected chi connectivity index (χ4v) is 3.71. The largest absolute Gasteiger partial charge is 0.325 e. The first-order valence-electron chi connectivity index (χ1n) is 8.54. The molecule has 3 rings (SSSR count). The van der Waals surface area contributed by atoms with E-state index in [0.29, 0.717) is 28.2 Å². The van der Waals surface area contributed by atoms with Gasteiger partial charge in [0, 0.05) is 56.8 Å². The van der Waals surface area contributed by atoms with Crippen LogP contribution in [-0.2, 0) is 4.79 Å². The molecular weight excluding hydrogens is 383 g/mol. The van der Waals surface area contributed by atoms with Crippen molar-refractivity contribution in [1.82, 2.24) is 15.1 Å². The number of nitrogens with zero attached hydrogens (tertiary/aromatic N) is 2. The minimum Gasteiger partial charge on any atom is -0.325 e. The van der Waals surface area contributed by atoms with Crippen LogP contribution in [0.2, 0.25) is 10.0 Å². The normalized spacial score (nSPS) is 21.8. The van der Waals surface area contributed by atoms with E-state index in [1.807, 2.05) is 0 Å². The van der Waals surface area contributed by atoms with Crippen LogP contribution in [0.3, 0.4) is 0 Å². The molecule has 0 bridgehead atoms. The van der Waals surface area contributed by atoms with Crippen LogP contribution in [0.4, 0.5) is 5.69 Å². The van der Waals surface area contributed by atoms with E-state index in [1.54, 1.807) is 18.2 Å². The van der Waals surface area contributed by atoms with Gasteiger partial charge in [-0.2, -0.15) is 0 Å². The Morgan fingerprint density at radius 2 is 2.00 bits per heavy atom. The molecule has 2 aliphatic rings. The highest BCUT2D eigenvalue weighted by atomic mass is 35.5. The second-order valence-electron chi connectivity index (χ2n) is 6.45. The van der Waals surface area contributed by atoms with Crippen molar-refractivity contribution in [1.29, 1.82) is 0 Å². The molecule has 140 valence electrons. The number of rotatable bonds is 5. The Bertz CT molecular complexity index is 573. The predicted molar refractivity (Wildman–Crippen MR) is 106 cm³/mol. The van der Waals surface area contributed by atoms with Gasteiger partial charge >= 0.3 is 0 Å². The molecule has 1 unspecified atom stereocenters. The van der Waals surface area contributed by atoms with E-state index in [1.165, 1.54) is 6.42 Å². The van der Waals surface area contributed by atoms with Gasteiger partial charge in [0.15, 0.2) is 0 Å². The zero-order valence-corrected chi connectivity index (χ0v) is 16.5. The smallest absolute Gasteiger partial charge is 0.225 e. The number of amides is 1. The van der Waals surface area contributed by atoms with Gasteiger partial charge in [-0.1, -0.05) is 23.2 Å². The molecule has 2 saturated heterocycles. The van der Waals surface area contributed by atoms with E-state index in [4.69, 9.17) is 23.2 Å². The number of piperazine rings is 1. The third-order valence-corrected chi connectivity index (χ3v) is 5.38. The lowest BCUT2D eigenvalue weighted by Crippen LogP contribution is -2.51. The molecule has 2 fully saturated rings. The van der Waals surface area contributed by atoms with E-state index >= 15 is 0 Å². The maximum absolute atomic E-state index is 12.1. The SMILES string of the molecule is Cl.O=C(CCN1CCN(C2CCNC2)CC1)Nc1cc(Cl)ccc1Cl. The number of nitrogens with one attached hydrogen (secondary N) is 2. The summed E-state index contributed by atoms with van der Waals surface area (Å²) in [4.78, 5) is 17.1. The minimum absolute atomic E-state index is 0. The van der Waals surface area contributed by atoms with Crippen molar-refractivity contribution in [2.75, 3.05) is 51.1 Å². The van der Waals surface area contributed by atoms with Gasteiger partial charge in [-0.05, 0) is 31.2 Å². The van der Waals surface area contributed by atoms with Gasteiger partial charge in [0.2, 0.25) is 5.91 Å². The summed E-state index contributed by atoms with van der Waals surface area (Å²) in [7, 11) is 0. The van der Waals surface area contributed by atoms with Crippen molar-refractivity contribution in [3.8, 4) is 0 Å². The number of hydrogen-bond donors (Lipinski definition) is 2. The molecule has 8 heteroatoms. The monoisotopic (exact) mass is 406 g/mol. The lowest BCUT2D eigenvalue weighted by Gasteiger charge is -2.37. The van der Waals surface area contributed by atoms with Gasteiger partial charge in [-0.15, -0.1) is 12.4 Å². The standard InChI is InChI=1S/C17H24Cl2N4O.ClH/c18-13-1-2-15(19)16(11-13)21-17(24)4-6-22-7-9-23(10-8-22)14-3-5-20-12-14;/h1-2,11,14,20H,3-10,12H2,(H,21,24);1H. The highest BCUT2D eigenvalue weighted by molar-refractivity contribution is 6.35. The first kappa shape index (κ1) is 20.7. The summed E-state index contributed by atoms with van der Waals surface area (Å²) >= 11 is 12.0. The lowest BCUT2D eigenvalue weighted by atomic mass is 10.2. The maximum Gasteiger partial charge on any atom is 0.225 e. The minimum atomic E-state index is -0.0263. The molecule has 2 aliphatic heterocycles. The van der Waals surface area contributed by atoms with Crippen LogP contribution in [-0.4, -0.2) is 67.6 Å². The molecular formula is C17H25Cl3N4O. The molecule has 0 aliphatic carbocycles. The summed E-state index contributed by atoms with van der Waals surface area (Å²) in [5.41, 5.74) is 0.577. The molecule has 2 heterocycles. The molecule has 2 N–H and O–H groups in total. The Morgan fingerprint density at radius 1 is 1.24 bits per heavy atom. The van der Waals surface area contributed by atoms with Gasteiger partial charge in [0.1, 0.15) is 0 Å².